The van der Waals surface area contributed by atoms with Crippen molar-refractivity contribution < 1.29 is 33.3 Å². The highest BCUT2D eigenvalue weighted by Gasteiger charge is 2.59. The van der Waals surface area contributed by atoms with Crippen molar-refractivity contribution in [3.63, 3.8) is 0 Å². The maximum atomic E-state index is 14.0. The summed E-state index contributed by atoms with van der Waals surface area (Å²) in [6.45, 7) is 5.48. The summed E-state index contributed by atoms with van der Waals surface area (Å²) < 4.78 is 22.0. The molecule has 0 aromatic heterocycles. The summed E-state index contributed by atoms with van der Waals surface area (Å²) in [6.07, 6.45) is -0.815. The lowest BCUT2D eigenvalue weighted by Gasteiger charge is -2.40. The van der Waals surface area contributed by atoms with Gasteiger partial charge in [-0.05, 0) is 31.5 Å². The second kappa shape index (κ2) is 10.1. The predicted molar refractivity (Wildman–Crippen MR) is 121 cm³/mol. The quantitative estimate of drug-likeness (QED) is 0.401. The molecule has 0 radical (unpaired) electrons. The van der Waals surface area contributed by atoms with E-state index in [4.69, 9.17) is 18.9 Å². The fourth-order valence-corrected chi connectivity index (χ4v) is 4.27. The van der Waals surface area contributed by atoms with Crippen LogP contribution in [0.3, 0.4) is 0 Å². The Kier molecular flexibility index (Phi) is 7.50. The van der Waals surface area contributed by atoms with Crippen molar-refractivity contribution in [2.24, 2.45) is 0 Å². The SMILES string of the molecule is CCOC(CN(C(C)=O)C1(c2ccc(OC)c(OC)c2)C(=O)c2ccccc2C1=O)OCC. The molecule has 8 nitrogen and oxygen atoms in total. The number of ether oxygens (including phenoxy) is 4. The fraction of sp³-hybridized carbons (Fsp3) is 0.400. The number of amides is 1. The summed E-state index contributed by atoms with van der Waals surface area (Å²) >= 11 is 0. The van der Waals surface area contributed by atoms with Gasteiger partial charge in [0.15, 0.2) is 23.3 Å². The highest BCUT2D eigenvalue weighted by molar-refractivity contribution is 6.33. The molecule has 1 amide bonds. The van der Waals surface area contributed by atoms with Gasteiger partial charge in [-0.2, -0.15) is 0 Å². The van der Waals surface area contributed by atoms with Crippen molar-refractivity contribution in [2.45, 2.75) is 32.6 Å². The van der Waals surface area contributed by atoms with Crippen LogP contribution >= 0.6 is 0 Å². The molecule has 1 aliphatic carbocycles. The standard InChI is InChI=1S/C25H29NO7/c1-6-32-22(33-7-2)15-26(16(3)27)25(17-12-13-20(30-4)21(14-17)31-5)23(28)18-10-8-9-11-19(18)24(25)29/h8-14,22H,6-7,15H2,1-5H3. The molecule has 0 aliphatic heterocycles. The van der Waals surface area contributed by atoms with Crippen molar-refractivity contribution in [1.29, 1.82) is 0 Å². The topological polar surface area (TPSA) is 91.4 Å². The second-order valence-electron chi connectivity index (χ2n) is 7.45. The number of nitrogens with zero attached hydrogens (tertiary/aromatic N) is 1. The Hall–Kier alpha value is -3.23. The molecule has 0 spiro atoms. The number of methoxy groups -OCH3 is 2. The lowest BCUT2D eigenvalue weighted by atomic mass is 9.82. The first-order chi connectivity index (χ1) is 15.9. The van der Waals surface area contributed by atoms with Crippen LogP contribution in [0.4, 0.5) is 0 Å². The Morgan fingerprint density at radius 2 is 1.45 bits per heavy atom. The first kappa shape index (κ1) is 24.4. The Labute approximate surface area is 193 Å². The molecule has 0 unspecified atom stereocenters. The number of carbonyl (C=O) groups is 3. The molecule has 8 heteroatoms. The molecule has 3 rings (SSSR count). The number of fused-ring (bicyclic) bond motifs is 1. The van der Waals surface area contributed by atoms with E-state index in [0.29, 0.717) is 30.3 Å². The molecular weight excluding hydrogens is 426 g/mol. The number of benzene rings is 2. The molecule has 0 fully saturated rings. The van der Waals surface area contributed by atoms with E-state index in [1.54, 1.807) is 56.3 Å². The van der Waals surface area contributed by atoms with Gasteiger partial charge in [-0.1, -0.05) is 30.3 Å². The summed E-state index contributed by atoms with van der Waals surface area (Å²) in [6, 6.07) is 11.4. The third kappa shape index (κ3) is 4.12. The zero-order valence-corrected chi connectivity index (χ0v) is 19.5. The molecule has 0 atom stereocenters. The Morgan fingerprint density at radius 3 is 1.91 bits per heavy atom. The van der Waals surface area contributed by atoms with Crippen LogP contribution in [0.5, 0.6) is 11.5 Å². The number of Topliss-reactive ketones (excluding diaryl/α,β-unsaturated/α-hetero) is 2. The minimum atomic E-state index is -1.93. The third-order valence-electron chi connectivity index (χ3n) is 5.70. The number of rotatable bonds is 10. The number of hydrogen-bond donors (Lipinski definition) is 0. The van der Waals surface area contributed by atoms with Crippen LogP contribution in [-0.4, -0.2) is 62.6 Å². The Morgan fingerprint density at radius 1 is 0.909 bits per heavy atom. The molecule has 33 heavy (non-hydrogen) atoms. The van der Waals surface area contributed by atoms with E-state index < -0.39 is 29.3 Å². The Bertz CT molecular complexity index is 1010. The van der Waals surface area contributed by atoms with Crippen molar-refractivity contribution in [2.75, 3.05) is 34.0 Å². The highest BCUT2D eigenvalue weighted by Crippen LogP contribution is 2.45. The van der Waals surface area contributed by atoms with Gasteiger partial charge in [-0.15, -0.1) is 0 Å². The van der Waals surface area contributed by atoms with Gasteiger partial charge in [0.1, 0.15) is 0 Å². The van der Waals surface area contributed by atoms with Gasteiger partial charge in [0.05, 0.1) is 20.8 Å². The predicted octanol–water partition coefficient (Wildman–Crippen LogP) is 3.23. The van der Waals surface area contributed by atoms with Crippen LogP contribution in [0.15, 0.2) is 42.5 Å². The van der Waals surface area contributed by atoms with Crippen LogP contribution in [0.2, 0.25) is 0 Å². The lowest BCUT2D eigenvalue weighted by molar-refractivity contribution is -0.163. The highest BCUT2D eigenvalue weighted by atomic mass is 16.7. The van der Waals surface area contributed by atoms with Gasteiger partial charge in [-0.3, -0.25) is 14.4 Å². The zero-order valence-electron chi connectivity index (χ0n) is 19.5. The summed E-state index contributed by atoms with van der Waals surface area (Å²) in [5.41, 5.74) is -1.12. The van der Waals surface area contributed by atoms with E-state index in [2.05, 4.69) is 0 Å². The fourth-order valence-electron chi connectivity index (χ4n) is 4.27. The normalized spacial score (nSPS) is 14.4. The van der Waals surface area contributed by atoms with Gasteiger partial charge in [0, 0.05) is 31.3 Å². The molecule has 2 aromatic carbocycles. The van der Waals surface area contributed by atoms with E-state index >= 15 is 0 Å². The van der Waals surface area contributed by atoms with Crippen molar-refractivity contribution in [3.8, 4) is 11.5 Å². The molecule has 0 saturated carbocycles. The first-order valence-corrected chi connectivity index (χ1v) is 10.8. The molecule has 0 saturated heterocycles. The third-order valence-corrected chi connectivity index (χ3v) is 5.70. The number of ketones is 2. The maximum Gasteiger partial charge on any atom is 0.221 e. The Balaban J connectivity index is 2.27. The maximum absolute atomic E-state index is 14.0. The molecule has 0 heterocycles. The lowest BCUT2D eigenvalue weighted by Crippen LogP contribution is -2.58. The van der Waals surface area contributed by atoms with Gasteiger partial charge in [0.25, 0.3) is 0 Å². The van der Waals surface area contributed by atoms with Crippen LogP contribution in [-0.2, 0) is 19.8 Å². The molecule has 176 valence electrons. The molecule has 0 N–H and O–H groups in total. The molecular formula is C25H29NO7. The smallest absolute Gasteiger partial charge is 0.221 e. The van der Waals surface area contributed by atoms with E-state index in [1.165, 1.54) is 26.0 Å². The number of hydrogen-bond acceptors (Lipinski definition) is 7. The number of carbonyl (C=O) groups excluding carboxylic acids is 3. The molecule has 0 bridgehead atoms. The van der Waals surface area contributed by atoms with Gasteiger partial charge in [0.2, 0.25) is 17.5 Å². The van der Waals surface area contributed by atoms with Crippen LogP contribution < -0.4 is 9.47 Å². The zero-order chi connectivity index (χ0) is 24.2. The molecule has 2 aromatic rings. The first-order valence-electron chi connectivity index (χ1n) is 10.8. The van der Waals surface area contributed by atoms with Gasteiger partial charge < -0.3 is 23.8 Å². The minimum absolute atomic E-state index is 0.114. The summed E-state index contributed by atoms with van der Waals surface area (Å²) in [5, 5.41) is 0. The second-order valence-corrected chi connectivity index (χ2v) is 7.45. The average Bonchev–Trinajstić information content (AvgIpc) is 3.04. The van der Waals surface area contributed by atoms with E-state index in [0.717, 1.165) is 0 Å². The van der Waals surface area contributed by atoms with Gasteiger partial charge in [-0.25, -0.2) is 0 Å². The monoisotopic (exact) mass is 455 g/mol. The molecule has 1 aliphatic rings. The van der Waals surface area contributed by atoms with E-state index in [-0.39, 0.29) is 17.7 Å². The van der Waals surface area contributed by atoms with Crippen LogP contribution in [0, 0.1) is 0 Å². The summed E-state index contributed by atoms with van der Waals surface area (Å²) in [4.78, 5) is 42.2. The average molecular weight is 456 g/mol. The van der Waals surface area contributed by atoms with Crippen LogP contribution in [0.1, 0.15) is 47.1 Å². The van der Waals surface area contributed by atoms with Crippen molar-refractivity contribution in [1.82, 2.24) is 4.90 Å². The van der Waals surface area contributed by atoms with E-state index in [1.807, 2.05) is 0 Å². The summed E-state index contributed by atoms with van der Waals surface area (Å²) in [7, 11) is 2.95. The largest absolute Gasteiger partial charge is 0.493 e. The van der Waals surface area contributed by atoms with E-state index in [9.17, 15) is 14.4 Å². The van der Waals surface area contributed by atoms with Crippen molar-refractivity contribution >= 4 is 17.5 Å². The summed E-state index contributed by atoms with van der Waals surface area (Å²) in [5.74, 6) is -0.679. The minimum Gasteiger partial charge on any atom is -0.493 e. The van der Waals surface area contributed by atoms with Crippen LogP contribution in [0.25, 0.3) is 0 Å². The van der Waals surface area contributed by atoms with Crippen molar-refractivity contribution in [3.05, 3.63) is 59.2 Å². The van der Waals surface area contributed by atoms with Gasteiger partial charge >= 0.3 is 0 Å².